The largest absolute Gasteiger partial charge is 0.394 e. The van der Waals surface area contributed by atoms with Crippen LogP contribution in [0.15, 0.2) is 0 Å². The minimum Gasteiger partial charge on any atom is -0.394 e. The molecule has 0 bridgehead atoms. The van der Waals surface area contributed by atoms with Gasteiger partial charge >= 0.3 is 0 Å². The average Bonchev–Trinajstić information content (AvgIpc) is 2.27. The predicted molar refractivity (Wildman–Crippen MR) is 61.6 cm³/mol. The fraction of sp³-hybridized carbons (Fsp3) is 0.909. The lowest BCUT2D eigenvalue weighted by Crippen LogP contribution is -2.64. The topological polar surface area (TPSA) is 108 Å². The van der Waals surface area contributed by atoms with Crippen molar-refractivity contribution in [3.63, 3.8) is 0 Å². The molecule has 1 aliphatic rings. The Hall–Kier alpha value is -0.730. The maximum absolute atomic E-state index is 11.1. The van der Waals surface area contributed by atoms with Gasteiger partial charge in [0.1, 0.15) is 24.4 Å². The molecule has 1 heterocycles. The van der Waals surface area contributed by atoms with E-state index >= 15 is 0 Å². The highest BCUT2D eigenvalue weighted by Crippen LogP contribution is 2.22. The van der Waals surface area contributed by atoms with Crippen LogP contribution in [-0.4, -0.2) is 64.6 Å². The summed E-state index contributed by atoms with van der Waals surface area (Å²) >= 11 is 0. The molecular formula is C11H21NO6. The van der Waals surface area contributed by atoms with Crippen molar-refractivity contribution in [2.45, 2.75) is 57.5 Å². The quantitative estimate of drug-likeness (QED) is 0.484. The van der Waals surface area contributed by atoms with Gasteiger partial charge in [-0.25, -0.2) is 0 Å². The van der Waals surface area contributed by atoms with Gasteiger partial charge in [0.2, 0.25) is 5.91 Å². The highest BCUT2D eigenvalue weighted by Gasteiger charge is 2.45. The first kappa shape index (κ1) is 15.3. The molecule has 0 saturated carbocycles. The average molecular weight is 263 g/mol. The lowest BCUT2D eigenvalue weighted by atomic mass is 9.97. The Bertz CT molecular complexity index is 285. The molecule has 0 aromatic heterocycles. The van der Waals surface area contributed by atoms with Crippen LogP contribution in [-0.2, 0) is 14.3 Å². The van der Waals surface area contributed by atoms with E-state index < -0.39 is 37.3 Å². The smallest absolute Gasteiger partial charge is 0.217 e. The molecular weight excluding hydrogens is 242 g/mol. The van der Waals surface area contributed by atoms with Crippen LogP contribution >= 0.6 is 0 Å². The number of hydrogen-bond donors (Lipinski definition) is 4. The number of hydrogen-bond acceptors (Lipinski definition) is 6. The van der Waals surface area contributed by atoms with Crippen LogP contribution in [0, 0.1) is 0 Å². The van der Waals surface area contributed by atoms with E-state index in [1.807, 2.05) is 0 Å². The second kappa shape index (κ2) is 6.44. The van der Waals surface area contributed by atoms with E-state index in [4.69, 9.17) is 14.6 Å². The monoisotopic (exact) mass is 263 g/mol. The summed E-state index contributed by atoms with van der Waals surface area (Å²) in [6.45, 7) is 4.41. The van der Waals surface area contributed by atoms with Gasteiger partial charge in [-0.2, -0.15) is 0 Å². The summed E-state index contributed by atoms with van der Waals surface area (Å²) < 4.78 is 10.8. The molecule has 1 saturated heterocycles. The van der Waals surface area contributed by atoms with Crippen LogP contribution in [0.3, 0.4) is 0 Å². The van der Waals surface area contributed by atoms with E-state index in [0.717, 1.165) is 0 Å². The van der Waals surface area contributed by atoms with E-state index in [1.165, 1.54) is 6.92 Å². The van der Waals surface area contributed by atoms with E-state index in [9.17, 15) is 15.0 Å². The zero-order valence-electron chi connectivity index (χ0n) is 10.7. The molecule has 0 aromatic carbocycles. The van der Waals surface area contributed by atoms with Gasteiger partial charge in [0.25, 0.3) is 0 Å². The third kappa shape index (κ3) is 3.63. The van der Waals surface area contributed by atoms with E-state index in [-0.39, 0.29) is 12.0 Å². The first-order valence-corrected chi connectivity index (χ1v) is 5.91. The van der Waals surface area contributed by atoms with Crippen molar-refractivity contribution in [3.05, 3.63) is 0 Å². The fourth-order valence-electron chi connectivity index (χ4n) is 1.85. The second-order valence-corrected chi connectivity index (χ2v) is 4.62. The molecule has 18 heavy (non-hydrogen) atoms. The molecule has 4 N–H and O–H groups in total. The summed E-state index contributed by atoms with van der Waals surface area (Å²) in [4.78, 5) is 11.1. The molecule has 0 aliphatic carbocycles. The summed E-state index contributed by atoms with van der Waals surface area (Å²) in [7, 11) is 0. The number of amides is 1. The number of aliphatic hydroxyl groups excluding tert-OH is 3. The number of rotatable bonds is 4. The van der Waals surface area contributed by atoms with Gasteiger partial charge in [-0.05, 0) is 13.8 Å². The SMILES string of the molecule is CC(=O)NC1C(O)[C@H](O)C(CO)O[C@@H]1OC(C)C. The Labute approximate surface area is 106 Å². The van der Waals surface area contributed by atoms with Gasteiger partial charge in [0, 0.05) is 6.92 Å². The van der Waals surface area contributed by atoms with Crippen molar-refractivity contribution < 1.29 is 29.6 Å². The summed E-state index contributed by atoms with van der Waals surface area (Å²) in [5.74, 6) is -0.366. The van der Waals surface area contributed by atoms with Crippen molar-refractivity contribution >= 4 is 5.91 Å². The summed E-state index contributed by atoms with van der Waals surface area (Å²) in [5.41, 5.74) is 0. The summed E-state index contributed by atoms with van der Waals surface area (Å²) in [6.07, 6.45) is -4.58. The molecule has 3 unspecified atom stereocenters. The van der Waals surface area contributed by atoms with Crippen LogP contribution in [0.4, 0.5) is 0 Å². The second-order valence-electron chi connectivity index (χ2n) is 4.62. The number of carbonyl (C=O) groups excluding carboxylic acids is 1. The highest BCUT2D eigenvalue weighted by atomic mass is 16.7. The Morgan fingerprint density at radius 3 is 2.44 bits per heavy atom. The van der Waals surface area contributed by atoms with Crippen LogP contribution in [0.2, 0.25) is 0 Å². The minimum atomic E-state index is -1.28. The maximum atomic E-state index is 11.1. The van der Waals surface area contributed by atoms with Gasteiger partial charge in [0.05, 0.1) is 12.7 Å². The lowest BCUT2D eigenvalue weighted by molar-refractivity contribution is -0.278. The molecule has 5 atom stereocenters. The molecule has 106 valence electrons. The molecule has 7 nitrogen and oxygen atoms in total. The van der Waals surface area contributed by atoms with Crippen molar-refractivity contribution in [1.82, 2.24) is 5.32 Å². The summed E-state index contributed by atoms with van der Waals surface area (Å²) in [5, 5.41) is 31.2. The first-order valence-electron chi connectivity index (χ1n) is 5.91. The molecule has 0 spiro atoms. The zero-order chi connectivity index (χ0) is 13.9. The predicted octanol–water partition coefficient (Wildman–Crippen LogP) is -1.64. The van der Waals surface area contributed by atoms with Crippen molar-refractivity contribution in [2.75, 3.05) is 6.61 Å². The van der Waals surface area contributed by atoms with Crippen molar-refractivity contribution in [1.29, 1.82) is 0 Å². The molecule has 1 fully saturated rings. The maximum Gasteiger partial charge on any atom is 0.217 e. The van der Waals surface area contributed by atoms with Crippen LogP contribution < -0.4 is 5.32 Å². The van der Waals surface area contributed by atoms with Gasteiger partial charge in [-0.1, -0.05) is 0 Å². The lowest BCUT2D eigenvalue weighted by Gasteiger charge is -2.42. The normalized spacial score (nSPS) is 36.7. The fourth-order valence-corrected chi connectivity index (χ4v) is 1.85. The molecule has 1 aliphatic heterocycles. The number of nitrogens with one attached hydrogen (secondary N) is 1. The van der Waals surface area contributed by atoms with Crippen LogP contribution in [0.1, 0.15) is 20.8 Å². The molecule has 0 aromatic rings. The highest BCUT2D eigenvalue weighted by molar-refractivity contribution is 5.73. The van der Waals surface area contributed by atoms with Crippen LogP contribution in [0.5, 0.6) is 0 Å². The summed E-state index contributed by atoms with van der Waals surface area (Å²) in [6, 6.07) is -0.873. The Balaban J connectivity index is 2.83. The van der Waals surface area contributed by atoms with Gasteiger partial charge < -0.3 is 30.1 Å². The Morgan fingerprint density at radius 2 is 2.00 bits per heavy atom. The molecule has 1 rings (SSSR count). The standard InChI is InChI=1S/C11H21NO6/c1-5(2)17-11-8(12-6(3)14)10(16)9(15)7(4-13)18-11/h5,7-11,13,15-16H,4H2,1-3H3,(H,12,14)/t7?,8?,9-,10?,11+/m1/s1. The molecule has 1 amide bonds. The third-order valence-corrected chi connectivity index (χ3v) is 2.66. The van der Waals surface area contributed by atoms with E-state index in [1.54, 1.807) is 13.8 Å². The van der Waals surface area contributed by atoms with Gasteiger partial charge in [0.15, 0.2) is 6.29 Å². The molecule has 0 radical (unpaired) electrons. The number of aliphatic hydroxyl groups is 3. The van der Waals surface area contributed by atoms with E-state index in [0.29, 0.717) is 0 Å². The van der Waals surface area contributed by atoms with E-state index in [2.05, 4.69) is 5.32 Å². The van der Waals surface area contributed by atoms with Gasteiger partial charge in [-0.3, -0.25) is 4.79 Å². The van der Waals surface area contributed by atoms with Crippen molar-refractivity contribution in [3.8, 4) is 0 Å². The van der Waals surface area contributed by atoms with Crippen LogP contribution in [0.25, 0.3) is 0 Å². The molecule has 7 heteroatoms. The van der Waals surface area contributed by atoms with Gasteiger partial charge in [-0.15, -0.1) is 0 Å². The number of ether oxygens (including phenoxy) is 2. The third-order valence-electron chi connectivity index (χ3n) is 2.66. The zero-order valence-corrected chi connectivity index (χ0v) is 10.7. The number of carbonyl (C=O) groups is 1. The minimum absolute atomic E-state index is 0.187. The Kier molecular flexibility index (Phi) is 5.48. The van der Waals surface area contributed by atoms with Crippen molar-refractivity contribution in [2.24, 2.45) is 0 Å². The Morgan fingerprint density at radius 1 is 1.39 bits per heavy atom. The first-order chi connectivity index (χ1) is 8.36.